The summed E-state index contributed by atoms with van der Waals surface area (Å²) in [6.45, 7) is 4.32. The third-order valence-electron chi connectivity index (χ3n) is 7.46. The Morgan fingerprint density at radius 3 is 2.82 bits per heavy atom. The lowest BCUT2D eigenvalue weighted by molar-refractivity contribution is 0.247. The van der Waals surface area contributed by atoms with E-state index in [0.29, 0.717) is 11.7 Å². The van der Waals surface area contributed by atoms with Crippen LogP contribution in [0.15, 0.2) is 42.5 Å². The molecular formula is C25H31NO2. The Morgan fingerprint density at radius 1 is 1.11 bits per heavy atom. The number of nitrogens with zero attached hydrogens (tertiary/aromatic N) is 1. The van der Waals surface area contributed by atoms with E-state index >= 15 is 0 Å². The molecule has 2 aliphatic heterocycles. The highest BCUT2D eigenvalue weighted by Crippen LogP contribution is 2.51. The van der Waals surface area contributed by atoms with Crippen molar-refractivity contribution in [2.24, 2.45) is 5.92 Å². The molecule has 2 heterocycles. The van der Waals surface area contributed by atoms with E-state index in [1.54, 1.807) is 0 Å². The molecular weight excluding hydrogens is 346 g/mol. The maximum atomic E-state index is 10.6. The van der Waals surface area contributed by atoms with E-state index in [2.05, 4.69) is 35.2 Å². The van der Waals surface area contributed by atoms with E-state index < -0.39 is 0 Å². The highest BCUT2D eigenvalue weighted by Gasteiger charge is 2.46. The molecule has 2 aromatic carbocycles. The third kappa shape index (κ3) is 3.20. The Morgan fingerprint density at radius 2 is 1.96 bits per heavy atom. The zero-order valence-corrected chi connectivity index (χ0v) is 16.7. The fourth-order valence-electron chi connectivity index (χ4n) is 5.97. The molecule has 0 amide bonds. The number of rotatable bonds is 5. The maximum absolute atomic E-state index is 10.6. The Hall–Kier alpha value is -2.00. The lowest BCUT2D eigenvalue weighted by Gasteiger charge is -2.36. The summed E-state index contributed by atoms with van der Waals surface area (Å²) in [5.41, 5.74) is 4.20. The molecule has 1 N–H and O–H groups in total. The van der Waals surface area contributed by atoms with Crippen molar-refractivity contribution in [1.82, 2.24) is 4.90 Å². The highest BCUT2D eigenvalue weighted by atomic mass is 16.5. The molecule has 0 bridgehead atoms. The normalized spacial score (nSPS) is 23.6. The first-order chi connectivity index (χ1) is 13.7. The first-order valence-electron chi connectivity index (χ1n) is 11.0. The molecule has 1 unspecified atom stereocenters. The molecule has 1 saturated heterocycles. The second-order valence-corrected chi connectivity index (χ2v) is 8.96. The van der Waals surface area contributed by atoms with E-state index in [1.807, 2.05) is 12.1 Å². The van der Waals surface area contributed by atoms with E-state index in [4.69, 9.17) is 4.74 Å². The van der Waals surface area contributed by atoms with Crippen LogP contribution in [0.4, 0.5) is 0 Å². The second-order valence-electron chi connectivity index (χ2n) is 8.96. The van der Waals surface area contributed by atoms with Gasteiger partial charge < -0.3 is 14.7 Å². The first-order valence-corrected chi connectivity index (χ1v) is 11.0. The topological polar surface area (TPSA) is 32.7 Å². The van der Waals surface area contributed by atoms with Crippen molar-refractivity contribution < 1.29 is 9.84 Å². The molecule has 1 saturated carbocycles. The van der Waals surface area contributed by atoms with E-state index in [0.717, 1.165) is 31.7 Å². The molecule has 3 aliphatic rings. The van der Waals surface area contributed by atoms with Gasteiger partial charge in [-0.2, -0.15) is 0 Å². The molecule has 148 valence electrons. The molecule has 1 atom stereocenters. The van der Waals surface area contributed by atoms with Crippen molar-refractivity contribution >= 4 is 0 Å². The predicted octanol–water partition coefficient (Wildman–Crippen LogP) is 4.70. The minimum absolute atomic E-state index is 0.186. The van der Waals surface area contributed by atoms with Gasteiger partial charge in [-0.3, -0.25) is 0 Å². The number of aromatic hydroxyl groups is 1. The van der Waals surface area contributed by atoms with Gasteiger partial charge in [0, 0.05) is 30.5 Å². The van der Waals surface area contributed by atoms with Gasteiger partial charge in [0.1, 0.15) is 11.5 Å². The number of likely N-dealkylation sites (tertiary alicyclic amines) is 1. The van der Waals surface area contributed by atoms with Crippen LogP contribution in [0.2, 0.25) is 0 Å². The van der Waals surface area contributed by atoms with Crippen LogP contribution in [0.3, 0.4) is 0 Å². The molecule has 3 heteroatoms. The minimum atomic E-state index is 0.186. The molecule has 2 aromatic rings. The maximum Gasteiger partial charge on any atom is 0.122 e. The van der Waals surface area contributed by atoms with Crippen LogP contribution in [0, 0.1) is 5.92 Å². The van der Waals surface area contributed by atoms with Crippen LogP contribution in [0.5, 0.6) is 11.5 Å². The smallest absolute Gasteiger partial charge is 0.122 e. The monoisotopic (exact) mass is 377 g/mol. The van der Waals surface area contributed by atoms with Crippen molar-refractivity contribution in [2.75, 3.05) is 26.2 Å². The lowest BCUT2D eigenvalue weighted by Crippen LogP contribution is -2.35. The quantitative estimate of drug-likeness (QED) is 0.819. The SMILES string of the molecule is Oc1ccccc1C1(C2CCN(CCc3ccc4c(c3)CCO4)C2)CCCC1. The molecule has 2 fully saturated rings. The Labute approximate surface area is 168 Å². The Balaban J connectivity index is 1.26. The van der Waals surface area contributed by atoms with Crippen LogP contribution >= 0.6 is 0 Å². The van der Waals surface area contributed by atoms with Crippen LogP contribution in [-0.4, -0.2) is 36.2 Å². The van der Waals surface area contributed by atoms with Crippen LogP contribution in [-0.2, 0) is 18.3 Å². The van der Waals surface area contributed by atoms with E-state index in [-0.39, 0.29) is 5.41 Å². The first kappa shape index (κ1) is 18.1. The molecule has 0 spiro atoms. The number of phenolic OH excluding ortho intramolecular Hbond substituents is 1. The average Bonchev–Trinajstić information content (AvgIpc) is 3.46. The van der Waals surface area contributed by atoms with Gasteiger partial charge in [0.15, 0.2) is 0 Å². The number of fused-ring (bicyclic) bond motifs is 1. The van der Waals surface area contributed by atoms with Gasteiger partial charge in [-0.05, 0) is 61.4 Å². The van der Waals surface area contributed by atoms with Crippen LogP contribution in [0.25, 0.3) is 0 Å². The average molecular weight is 378 g/mol. The number of hydrogen-bond donors (Lipinski definition) is 1. The standard InChI is InChI=1S/C25H31NO2/c27-23-6-2-1-5-22(23)25(12-3-4-13-25)21-10-15-26(18-21)14-9-19-7-8-24-20(17-19)11-16-28-24/h1-2,5-8,17,21,27H,3-4,9-16,18H2. The summed E-state index contributed by atoms with van der Waals surface area (Å²) in [6.07, 6.45) is 8.47. The number of benzene rings is 2. The van der Waals surface area contributed by atoms with Gasteiger partial charge in [-0.1, -0.05) is 43.2 Å². The molecule has 0 aromatic heterocycles. The summed E-state index contributed by atoms with van der Waals surface area (Å²) in [6, 6.07) is 14.8. The van der Waals surface area contributed by atoms with Crippen molar-refractivity contribution in [1.29, 1.82) is 0 Å². The Bertz CT molecular complexity index is 840. The summed E-state index contributed by atoms with van der Waals surface area (Å²) < 4.78 is 5.63. The zero-order chi connectivity index (χ0) is 19.0. The molecule has 28 heavy (non-hydrogen) atoms. The van der Waals surface area contributed by atoms with Crippen LogP contribution < -0.4 is 4.74 Å². The fourth-order valence-corrected chi connectivity index (χ4v) is 5.97. The van der Waals surface area contributed by atoms with Crippen molar-refractivity contribution in [3.05, 3.63) is 59.2 Å². The molecule has 5 rings (SSSR count). The number of ether oxygens (including phenoxy) is 1. The van der Waals surface area contributed by atoms with E-state index in [9.17, 15) is 5.11 Å². The van der Waals surface area contributed by atoms with Gasteiger partial charge in [-0.15, -0.1) is 0 Å². The third-order valence-corrected chi connectivity index (χ3v) is 7.46. The summed E-state index contributed by atoms with van der Waals surface area (Å²) in [5.74, 6) is 2.25. The minimum Gasteiger partial charge on any atom is -0.508 e. The van der Waals surface area contributed by atoms with Gasteiger partial charge in [0.2, 0.25) is 0 Å². The number of phenols is 1. The predicted molar refractivity (Wildman–Crippen MR) is 112 cm³/mol. The lowest BCUT2D eigenvalue weighted by atomic mass is 9.68. The van der Waals surface area contributed by atoms with Crippen molar-refractivity contribution in [3.8, 4) is 11.5 Å². The van der Waals surface area contributed by atoms with Crippen LogP contribution in [0.1, 0.15) is 48.8 Å². The summed E-state index contributed by atoms with van der Waals surface area (Å²) in [5, 5.41) is 10.6. The summed E-state index contributed by atoms with van der Waals surface area (Å²) >= 11 is 0. The Kier molecular flexibility index (Phi) is 4.80. The number of hydrogen-bond acceptors (Lipinski definition) is 3. The summed E-state index contributed by atoms with van der Waals surface area (Å²) in [4.78, 5) is 2.65. The van der Waals surface area contributed by atoms with Gasteiger partial charge in [0.25, 0.3) is 0 Å². The van der Waals surface area contributed by atoms with E-state index in [1.165, 1.54) is 61.9 Å². The van der Waals surface area contributed by atoms with Crippen molar-refractivity contribution in [2.45, 2.75) is 50.4 Å². The van der Waals surface area contributed by atoms with Gasteiger partial charge in [0.05, 0.1) is 6.61 Å². The fraction of sp³-hybridized carbons (Fsp3) is 0.520. The van der Waals surface area contributed by atoms with Gasteiger partial charge >= 0.3 is 0 Å². The number of para-hydroxylation sites is 1. The van der Waals surface area contributed by atoms with Gasteiger partial charge in [-0.25, -0.2) is 0 Å². The largest absolute Gasteiger partial charge is 0.508 e. The summed E-state index contributed by atoms with van der Waals surface area (Å²) in [7, 11) is 0. The van der Waals surface area contributed by atoms with Crippen molar-refractivity contribution in [3.63, 3.8) is 0 Å². The highest BCUT2D eigenvalue weighted by molar-refractivity contribution is 5.41. The molecule has 0 radical (unpaired) electrons. The second kappa shape index (κ2) is 7.44. The molecule has 1 aliphatic carbocycles. The molecule has 3 nitrogen and oxygen atoms in total. The zero-order valence-electron chi connectivity index (χ0n) is 16.7.